The highest BCUT2D eigenvalue weighted by atomic mass is 32.2. The molecule has 8 nitrogen and oxygen atoms in total. The molecule has 29 heavy (non-hydrogen) atoms. The van der Waals surface area contributed by atoms with Crippen molar-refractivity contribution in [1.29, 1.82) is 5.26 Å². The first-order chi connectivity index (χ1) is 13.8. The van der Waals surface area contributed by atoms with Gasteiger partial charge in [-0.1, -0.05) is 23.9 Å². The smallest absolute Gasteiger partial charge is 0.237 e. The van der Waals surface area contributed by atoms with Gasteiger partial charge in [0, 0.05) is 18.2 Å². The molecule has 10 heteroatoms. The molecule has 1 amide bonds. The van der Waals surface area contributed by atoms with Crippen LogP contribution < -0.4 is 5.32 Å². The minimum absolute atomic E-state index is 0.0677. The number of carbonyl (C=O) groups is 1. The van der Waals surface area contributed by atoms with Crippen LogP contribution in [0.4, 0.5) is 5.69 Å². The topological polar surface area (TPSA) is 118 Å². The molecule has 1 fully saturated rings. The van der Waals surface area contributed by atoms with E-state index in [1.807, 2.05) is 10.6 Å². The fraction of sp³-hybridized carbons (Fsp3) is 0.368. The number of thioether (sulfide) groups is 1. The van der Waals surface area contributed by atoms with E-state index < -0.39 is 15.1 Å². The standard InChI is InChI=1S/C19H21N5O3S2/c1-3-8-24-17(15-7-9-29(26,27)12-15)22-23-19(24)28-13(2)18(25)21-16-6-4-5-14(10-16)11-20/h3-6,10,13,15H,1,7-9,12H2,2H3,(H,21,25)/t13-,15+/m0/s1. The lowest BCUT2D eigenvalue weighted by molar-refractivity contribution is -0.115. The molecule has 2 aromatic rings. The van der Waals surface area contributed by atoms with Crippen molar-refractivity contribution in [2.24, 2.45) is 0 Å². The van der Waals surface area contributed by atoms with Crippen LogP contribution in [0.15, 0.2) is 42.1 Å². The zero-order valence-corrected chi connectivity index (χ0v) is 17.5. The number of hydrogen-bond acceptors (Lipinski definition) is 7. The monoisotopic (exact) mass is 431 g/mol. The Morgan fingerprint density at radius 2 is 2.31 bits per heavy atom. The molecule has 0 saturated carbocycles. The van der Waals surface area contributed by atoms with Crippen LogP contribution in [0.25, 0.3) is 0 Å². The number of allylic oxidation sites excluding steroid dienone is 1. The number of anilines is 1. The second kappa shape index (κ2) is 8.80. The largest absolute Gasteiger partial charge is 0.325 e. The Labute approximate surface area is 173 Å². The zero-order chi connectivity index (χ0) is 21.0. The van der Waals surface area contributed by atoms with Gasteiger partial charge in [-0.25, -0.2) is 8.42 Å². The van der Waals surface area contributed by atoms with Crippen molar-refractivity contribution in [2.75, 3.05) is 16.8 Å². The lowest BCUT2D eigenvalue weighted by Crippen LogP contribution is -2.23. The van der Waals surface area contributed by atoms with Crippen molar-refractivity contribution in [2.45, 2.75) is 36.2 Å². The van der Waals surface area contributed by atoms with E-state index in [2.05, 4.69) is 22.1 Å². The van der Waals surface area contributed by atoms with Crippen LogP contribution >= 0.6 is 11.8 Å². The summed E-state index contributed by atoms with van der Waals surface area (Å²) < 4.78 is 25.5. The Bertz CT molecular complexity index is 1070. The van der Waals surface area contributed by atoms with E-state index in [1.165, 1.54) is 11.8 Å². The number of nitrogens with one attached hydrogen (secondary N) is 1. The zero-order valence-electron chi connectivity index (χ0n) is 15.9. The maximum absolute atomic E-state index is 12.6. The highest BCUT2D eigenvalue weighted by Gasteiger charge is 2.33. The van der Waals surface area contributed by atoms with Crippen LogP contribution in [-0.2, 0) is 21.2 Å². The molecule has 0 bridgehead atoms. The number of aromatic nitrogens is 3. The SMILES string of the molecule is C=CCn1c(S[C@@H](C)C(=O)Nc2cccc(C#N)c2)nnc1[C@@H]1CCS(=O)(=O)C1. The summed E-state index contributed by atoms with van der Waals surface area (Å²) in [6.45, 7) is 5.93. The molecule has 1 saturated heterocycles. The molecule has 2 heterocycles. The number of nitrogens with zero attached hydrogens (tertiary/aromatic N) is 4. The molecule has 0 unspecified atom stereocenters. The van der Waals surface area contributed by atoms with Gasteiger partial charge in [0.05, 0.1) is 28.4 Å². The Hall–Kier alpha value is -2.64. The Balaban J connectivity index is 1.74. The van der Waals surface area contributed by atoms with E-state index in [-0.39, 0.29) is 23.3 Å². The van der Waals surface area contributed by atoms with Gasteiger partial charge in [-0.15, -0.1) is 16.8 Å². The lowest BCUT2D eigenvalue weighted by Gasteiger charge is -2.14. The molecule has 3 rings (SSSR count). The number of amides is 1. The van der Waals surface area contributed by atoms with Crippen molar-refractivity contribution in [3.63, 3.8) is 0 Å². The third kappa shape index (κ3) is 5.05. The highest BCUT2D eigenvalue weighted by Crippen LogP contribution is 2.31. The van der Waals surface area contributed by atoms with Crippen LogP contribution in [0.1, 0.15) is 30.7 Å². The number of benzene rings is 1. The Morgan fingerprint density at radius 1 is 1.52 bits per heavy atom. The van der Waals surface area contributed by atoms with Crippen molar-refractivity contribution in [1.82, 2.24) is 14.8 Å². The van der Waals surface area contributed by atoms with Gasteiger partial charge in [-0.05, 0) is 31.5 Å². The van der Waals surface area contributed by atoms with Gasteiger partial charge in [0.15, 0.2) is 15.0 Å². The minimum atomic E-state index is -3.04. The Morgan fingerprint density at radius 3 is 2.97 bits per heavy atom. The molecular formula is C19H21N5O3S2. The fourth-order valence-corrected chi connectivity index (χ4v) is 5.72. The van der Waals surface area contributed by atoms with Crippen molar-refractivity contribution >= 4 is 33.2 Å². The number of rotatable bonds is 7. The van der Waals surface area contributed by atoms with E-state index in [4.69, 9.17) is 5.26 Å². The predicted octanol–water partition coefficient (Wildman–Crippen LogP) is 2.36. The number of carbonyl (C=O) groups excluding carboxylic acids is 1. The van der Waals surface area contributed by atoms with E-state index in [0.717, 1.165) is 0 Å². The summed E-state index contributed by atoms with van der Waals surface area (Å²) in [7, 11) is -3.04. The molecule has 1 aromatic carbocycles. The molecule has 2 atom stereocenters. The molecule has 0 aliphatic carbocycles. The quantitative estimate of drug-likeness (QED) is 0.528. The predicted molar refractivity (Wildman–Crippen MR) is 111 cm³/mol. The second-order valence-corrected chi connectivity index (χ2v) is 10.3. The van der Waals surface area contributed by atoms with Gasteiger partial charge in [0.2, 0.25) is 5.91 Å². The first-order valence-corrected chi connectivity index (χ1v) is 11.7. The van der Waals surface area contributed by atoms with Gasteiger partial charge in [0.1, 0.15) is 5.82 Å². The van der Waals surface area contributed by atoms with E-state index in [9.17, 15) is 13.2 Å². The third-order valence-corrected chi connectivity index (χ3v) is 7.41. The summed E-state index contributed by atoms with van der Waals surface area (Å²) >= 11 is 1.24. The van der Waals surface area contributed by atoms with Gasteiger partial charge < -0.3 is 9.88 Å². The van der Waals surface area contributed by atoms with Crippen molar-refractivity contribution in [3.05, 3.63) is 48.3 Å². The molecule has 1 aliphatic rings. The number of sulfone groups is 1. The maximum Gasteiger partial charge on any atom is 0.237 e. The second-order valence-electron chi connectivity index (χ2n) is 6.78. The van der Waals surface area contributed by atoms with Crippen LogP contribution in [-0.4, -0.2) is 45.8 Å². The average molecular weight is 432 g/mol. The molecule has 1 aliphatic heterocycles. The molecule has 0 spiro atoms. The van der Waals surface area contributed by atoms with Gasteiger partial charge in [0.25, 0.3) is 0 Å². The fourth-order valence-electron chi connectivity index (χ4n) is 3.11. The van der Waals surface area contributed by atoms with Crippen LogP contribution in [0, 0.1) is 11.3 Å². The minimum Gasteiger partial charge on any atom is -0.325 e. The number of hydrogen-bond donors (Lipinski definition) is 1. The molecule has 0 radical (unpaired) electrons. The van der Waals surface area contributed by atoms with Gasteiger partial charge in [-0.3, -0.25) is 4.79 Å². The average Bonchev–Trinajstić information content (AvgIpc) is 3.25. The molecule has 1 aromatic heterocycles. The first kappa shape index (κ1) is 21.1. The summed E-state index contributed by atoms with van der Waals surface area (Å²) in [5.41, 5.74) is 1.01. The maximum atomic E-state index is 12.6. The summed E-state index contributed by atoms with van der Waals surface area (Å²) in [6, 6.07) is 8.72. The molecular weight excluding hydrogens is 410 g/mol. The van der Waals surface area contributed by atoms with Crippen LogP contribution in [0.5, 0.6) is 0 Å². The molecule has 152 valence electrons. The number of nitriles is 1. The first-order valence-electron chi connectivity index (χ1n) is 9.05. The Kier molecular flexibility index (Phi) is 6.39. The highest BCUT2D eigenvalue weighted by molar-refractivity contribution is 8.00. The summed E-state index contributed by atoms with van der Waals surface area (Å²) in [5.74, 6) is 0.408. The summed E-state index contributed by atoms with van der Waals surface area (Å²) in [4.78, 5) is 12.6. The van der Waals surface area contributed by atoms with Crippen molar-refractivity contribution < 1.29 is 13.2 Å². The normalized spacial score (nSPS) is 18.7. The van der Waals surface area contributed by atoms with E-state index in [1.54, 1.807) is 37.3 Å². The van der Waals surface area contributed by atoms with Gasteiger partial charge >= 0.3 is 0 Å². The lowest BCUT2D eigenvalue weighted by atomic mass is 10.1. The van der Waals surface area contributed by atoms with Gasteiger partial charge in [-0.2, -0.15) is 5.26 Å². The summed E-state index contributed by atoms with van der Waals surface area (Å²) in [6.07, 6.45) is 2.21. The third-order valence-electron chi connectivity index (χ3n) is 4.57. The van der Waals surface area contributed by atoms with Crippen LogP contribution in [0.3, 0.4) is 0 Å². The van der Waals surface area contributed by atoms with Crippen LogP contribution in [0.2, 0.25) is 0 Å². The van der Waals surface area contributed by atoms with E-state index >= 15 is 0 Å². The van der Waals surface area contributed by atoms with Crippen molar-refractivity contribution in [3.8, 4) is 6.07 Å². The molecule has 1 N–H and O–H groups in total. The van der Waals surface area contributed by atoms with E-state index in [0.29, 0.717) is 35.2 Å². The summed E-state index contributed by atoms with van der Waals surface area (Å²) in [5, 5.41) is 20.2.